The summed E-state index contributed by atoms with van der Waals surface area (Å²) in [5.74, 6) is -1.88. The number of amides is 5. The molecule has 2 rings (SSSR count). The van der Waals surface area contributed by atoms with Crippen molar-refractivity contribution in [1.29, 1.82) is 0 Å². The molecule has 41 heavy (non-hydrogen) atoms. The minimum absolute atomic E-state index is 0.0317. The first kappa shape index (κ1) is 33.3. The second-order valence-corrected chi connectivity index (χ2v) is 11.4. The van der Waals surface area contributed by atoms with Crippen molar-refractivity contribution in [1.82, 2.24) is 20.4 Å². The Hall–Kier alpha value is -3.93. The fraction of sp³-hybridized carbons (Fsp3) is 0.552. The molecule has 1 aliphatic heterocycles. The Bertz CT molecular complexity index is 1120. The maximum Gasteiger partial charge on any atom is 0.407 e. The van der Waals surface area contributed by atoms with E-state index in [1.807, 2.05) is 19.0 Å². The van der Waals surface area contributed by atoms with Crippen LogP contribution in [0.5, 0.6) is 5.75 Å². The maximum absolute atomic E-state index is 12.7. The summed E-state index contributed by atoms with van der Waals surface area (Å²) in [6.45, 7) is 8.38. The van der Waals surface area contributed by atoms with Crippen LogP contribution in [0.25, 0.3) is 0 Å². The quantitative estimate of drug-likeness (QED) is 0.195. The zero-order valence-corrected chi connectivity index (χ0v) is 24.8. The van der Waals surface area contributed by atoms with Gasteiger partial charge in [0.2, 0.25) is 11.8 Å². The number of hydrogen-bond acceptors (Lipinski definition) is 8. The number of ether oxygens (including phenoxy) is 1. The number of phenols is 1. The van der Waals surface area contributed by atoms with Crippen molar-refractivity contribution in [3.63, 3.8) is 0 Å². The first-order chi connectivity index (χ1) is 19.1. The average molecular weight is 574 g/mol. The van der Waals surface area contributed by atoms with Crippen LogP contribution in [-0.4, -0.2) is 90.0 Å². The molecule has 0 spiro atoms. The Morgan fingerprint density at radius 3 is 2.37 bits per heavy atom. The number of carbonyl (C=O) groups is 5. The van der Waals surface area contributed by atoms with Gasteiger partial charge in [-0.1, -0.05) is 13.0 Å². The number of hydrogen-bond donors (Lipinski definition) is 4. The van der Waals surface area contributed by atoms with Crippen LogP contribution in [0, 0.1) is 5.92 Å². The highest BCUT2D eigenvalue weighted by molar-refractivity contribution is 6.12. The van der Waals surface area contributed by atoms with Gasteiger partial charge in [-0.15, -0.1) is 0 Å². The van der Waals surface area contributed by atoms with Gasteiger partial charge in [0.05, 0.1) is 5.69 Å². The van der Waals surface area contributed by atoms with Crippen molar-refractivity contribution in [3.05, 3.63) is 35.9 Å². The predicted molar refractivity (Wildman–Crippen MR) is 154 cm³/mol. The third-order valence-corrected chi connectivity index (χ3v) is 6.17. The van der Waals surface area contributed by atoms with E-state index < -0.39 is 41.4 Å². The molecule has 1 aliphatic rings. The van der Waals surface area contributed by atoms with E-state index in [-0.39, 0.29) is 36.7 Å². The lowest BCUT2D eigenvalue weighted by Gasteiger charge is -2.25. The summed E-state index contributed by atoms with van der Waals surface area (Å²) in [5, 5.41) is 18.8. The van der Waals surface area contributed by atoms with Crippen LogP contribution in [-0.2, 0) is 30.3 Å². The summed E-state index contributed by atoms with van der Waals surface area (Å²) >= 11 is 0. The molecule has 226 valence electrons. The first-order valence-electron chi connectivity index (χ1n) is 13.7. The summed E-state index contributed by atoms with van der Waals surface area (Å²) < 4.78 is 5.42. The zero-order chi connectivity index (χ0) is 30.7. The monoisotopic (exact) mass is 573 g/mol. The molecule has 1 aromatic carbocycles. The van der Waals surface area contributed by atoms with E-state index in [0.717, 1.165) is 4.90 Å². The van der Waals surface area contributed by atoms with Crippen LogP contribution < -0.4 is 16.0 Å². The number of anilines is 1. The number of nitrogens with zero attached hydrogens (tertiary/aromatic N) is 2. The van der Waals surface area contributed by atoms with Crippen LogP contribution in [0.1, 0.15) is 52.5 Å². The van der Waals surface area contributed by atoms with Gasteiger partial charge in [0, 0.05) is 50.2 Å². The molecule has 2 atom stereocenters. The van der Waals surface area contributed by atoms with E-state index in [1.54, 1.807) is 39.8 Å². The molecule has 0 radical (unpaired) electrons. The Morgan fingerprint density at radius 1 is 1.10 bits per heavy atom. The van der Waals surface area contributed by atoms with Crippen LogP contribution in [0.2, 0.25) is 0 Å². The van der Waals surface area contributed by atoms with Gasteiger partial charge >= 0.3 is 6.09 Å². The van der Waals surface area contributed by atoms with Crippen LogP contribution in [0.15, 0.2) is 30.4 Å². The van der Waals surface area contributed by atoms with E-state index >= 15 is 0 Å². The van der Waals surface area contributed by atoms with Crippen molar-refractivity contribution in [2.75, 3.05) is 39.0 Å². The highest BCUT2D eigenvalue weighted by Crippen LogP contribution is 2.26. The smallest absolute Gasteiger partial charge is 0.407 e. The molecule has 1 heterocycles. The van der Waals surface area contributed by atoms with Gasteiger partial charge in [-0.2, -0.15) is 0 Å². The summed E-state index contributed by atoms with van der Waals surface area (Å²) in [6.07, 6.45) is 2.71. The molecule has 0 saturated carbocycles. The normalized spacial score (nSPS) is 14.7. The van der Waals surface area contributed by atoms with Gasteiger partial charge in [-0.25, -0.2) is 4.79 Å². The Balaban J connectivity index is 2.05. The molecule has 0 bridgehead atoms. The largest absolute Gasteiger partial charge is 0.506 e. The molecule has 12 heteroatoms. The van der Waals surface area contributed by atoms with Crippen molar-refractivity contribution in [2.24, 2.45) is 5.92 Å². The SMILES string of the molecule is CC(C[C@H](Cc1ccc(O)c(NC(=O)CCCN2C(=O)C=CC2=O)c1)NC(=O)OC(C)(C)C)C(=O)NCCN(C)C. The second kappa shape index (κ2) is 15.2. The van der Waals surface area contributed by atoms with Crippen LogP contribution in [0.4, 0.5) is 10.5 Å². The maximum atomic E-state index is 12.7. The number of rotatable bonds is 14. The Labute approximate surface area is 241 Å². The fourth-order valence-electron chi connectivity index (χ4n) is 4.14. The van der Waals surface area contributed by atoms with Gasteiger partial charge in [-0.05, 0) is 71.8 Å². The van der Waals surface area contributed by atoms with Crippen molar-refractivity contribution >= 4 is 35.4 Å². The number of benzene rings is 1. The standard InChI is InChI=1S/C29H43N5O7/c1-19(27(39)30-13-15-33(5)6)16-21(31-28(40)41-29(2,3)4)17-20-9-10-23(35)22(18-20)32-24(36)8-7-14-34-25(37)11-12-26(34)38/h9-12,18-19,21,35H,7-8,13-17H2,1-6H3,(H,30,39)(H,31,40)(H,32,36)/t19?,21-/m1/s1. The molecule has 1 unspecified atom stereocenters. The highest BCUT2D eigenvalue weighted by Gasteiger charge is 2.25. The number of likely N-dealkylation sites (N-methyl/N-ethyl adjacent to an activating group) is 1. The summed E-state index contributed by atoms with van der Waals surface area (Å²) in [4.78, 5) is 64.1. The number of alkyl carbamates (subject to hydrolysis) is 1. The first-order valence-corrected chi connectivity index (χ1v) is 13.7. The molecule has 5 amide bonds. The van der Waals surface area contributed by atoms with Gasteiger partial charge in [0.1, 0.15) is 11.4 Å². The molecule has 12 nitrogen and oxygen atoms in total. The number of nitrogens with one attached hydrogen (secondary N) is 3. The Kier molecular flexibility index (Phi) is 12.3. The third kappa shape index (κ3) is 12.0. The van der Waals surface area contributed by atoms with Crippen molar-refractivity contribution < 1.29 is 33.8 Å². The van der Waals surface area contributed by atoms with E-state index in [4.69, 9.17) is 4.74 Å². The molecule has 0 fully saturated rings. The van der Waals surface area contributed by atoms with E-state index in [9.17, 15) is 29.1 Å². The number of aromatic hydroxyl groups is 1. The molecular formula is C29H43N5O7. The fourth-order valence-corrected chi connectivity index (χ4v) is 4.14. The van der Waals surface area contributed by atoms with Crippen molar-refractivity contribution in [3.8, 4) is 5.75 Å². The number of carbonyl (C=O) groups excluding carboxylic acids is 5. The van der Waals surface area contributed by atoms with E-state index in [2.05, 4.69) is 16.0 Å². The minimum atomic E-state index is -0.703. The number of phenolic OH excluding ortho intramolecular Hbond substituents is 1. The zero-order valence-electron chi connectivity index (χ0n) is 24.8. The molecule has 0 aromatic heterocycles. The van der Waals surface area contributed by atoms with Gasteiger partial charge < -0.3 is 30.7 Å². The van der Waals surface area contributed by atoms with Crippen LogP contribution >= 0.6 is 0 Å². The molecule has 4 N–H and O–H groups in total. The van der Waals surface area contributed by atoms with Gasteiger partial charge in [0.15, 0.2) is 0 Å². The molecular weight excluding hydrogens is 530 g/mol. The van der Waals surface area contributed by atoms with E-state index in [0.29, 0.717) is 31.5 Å². The van der Waals surface area contributed by atoms with Gasteiger partial charge in [0.25, 0.3) is 11.8 Å². The summed E-state index contributed by atoms with van der Waals surface area (Å²) in [7, 11) is 3.84. The molecule has 0 saturated heterocycles. The van der Waals surface area contributed by atoms with E-state index in [1.165, 1.54) is 18.2 Å². The summed E-state index contributed by atoms with van der Waals surface area (Å²) in [6, 6.07) is 4.25. The minimum Gasteiger partial charge on any atom is -0.506 e. The molecule has 0 aliphatic carbocycles. The Morgan fingerprint density at radius 2 is 1.76 bits per heavy atom. The lowest BCUT2D eigenvalue weighted by molar-refractivity contribution is -0.137. The third-order valence-electron chi connectivity index (χ3n) is 6.17. The average Bonchev–Trinajstić information content (AvgIpc) is 3.16. The second-order valence-electron chi connectivity index (χ2n) is 11.4. The highest BCUT2D eigenvalue weighted by atomic mass is 16.6. The lowest BCUT2D eigenvalue weighted by atomic mass is 9.95. The predicted octanol–water partition coefficient (Wildman–Crippen LogP) is 2.18. The lowest BCUT2D eigenvalue weighted by Crippen LogP contribution is -2.43. The van der Waals surface area contributed by atoms with Crippen molar-refractivity contribution in [2.45, 2.75) is 65.0 Å². The summed E-state index contributed by atoms with van der Waals surface area (Å²) in [5.41, 5.74) is 0.192. The topological polar surface area (TPSA) is 157 Å². The van der Waals surface area contributed by atoms with Gasteiger partial charge in [-0.3, -0.25) is 24.1 Å². The molecule has 1 aromatic rings. The number of imide groups is 1. The van der Waals surface area contributed by atoms with Crippen LogP contribution in [0.3, 0.4) is 0 Å².